The molecule has 1 heterocycles. The number of fused-ring (bicyclic) bond motifs is 1. The van der Waals surface area contributed by atoms with Gasteiger partial charge in [0.25, 0.3) is 5.91 Å². The fraction of sp³-hybridized carbons (Fsp3) is 0.158. The monoisotopic (exact) mass is 349 g/mol. The molecule has 0 bridgehead atoms. The lowest BCUT2D eigenvalue weighted by Gasteiger charge is -2.22. The predicted molar refractivity (Wildman–Crippen MR) is 94.8 cm³/mol. The molecule has 1 amide bonds. The van der Waals surface area contributed by atoms with Crippen LogP contribution < -0.4 is 4.90 Å². The van der Waals surface area contributed by atoms with Gasteiger partial charge in [-0.3, -0.25) is 14.5 Å². The van der Waals surface area contributed by atoms with Crippen LogP contribution in [0.3, 0.4) is 0 Å². The van der Waals surface area contributed by atoms with Crippen molar-refractivity contribution < 1.29 is 19.1 Å². The number of ether oxygens (including phenoxy) is 1. The molecule has 0 fully saturated rings. The Labute approximate surface area is 149 Å². The van der Waals surface area contributed by atoms with Gasteiger partial charge in [-0.15, -0.1) is 0 Å². The number of carbonyl (C=O) groups excluding carboxylic acids is 3. The molecule has 7 nitrogen and oxygen atoms in total. The van der Waals surface area contributed by atoms with Gasteiger partial charge < -0.3 is 4.74 Å². The van der Waals surface area contributed by atoms with Crippen LogP contribution in [-0.4, -0.2) is 43.5 Å². The van der Waals surface area contributed by atoms with Crippen LogP contribution in [-0.2, 0) is 19.1 Å². The number of isocyanates is 1. The Morgan fingerprint density at radius 1 is 1.19 bits per heavy atom. The minimum absolute atomic E-state index is 0.311. The fourth-order valence-electron chi connectivity index (χ4n) is 2.73. The predicted octanol–water partition coefficient (Wildman–Crippen LogP) is 1.71. The Bertz CT molecular complexity index is 917. The molecule has 2 aromatic carbocycles. The van der Waals surface area contributed by atoms with Gasteiger partial charge in [0, 0.05) is 11.1 Å². The molecule has 0 spiro atoms. The van der Waals surface area contributed by atoms with Crippen molar-refractivity contribution in [3.8, 4) is 0 Å². The quantitative estimate of drug-likeness (QED) is 0.477. The summed E-state index contributed by atoms with van der Waals surface area (Å²) in [6.07, 6.45) is 0.0668. The van der Waals surface area contributed by atoms with Gasteiger partial charge in [-0.25, -0.2) is 9.79 Å². The molecule has 0 aromatic heterocycles. The second kappa shape index (κ2) is 7.55. The van der Waals surface area contributed by atoms with Crippen molar-refractivity contribution in [2.24, 2.45) is 9.98 Å². The van der Waals surface area contributed by atoms with E-state index in [1.807, 2.05) is 30.3 Å². The zero-order chi connectivity index (χ0) is 18.5. The average Bonchev–Trinajstić information content (AvgIpc) is 2.79. The maximum atomic E-state index is 12.9. The lowest BCUT2D eigenvalue weighted by Crippen LogP contribution is -2.41. The Kier molecular flexibility index (Phi) is 5.01. The van der Waals surface area contributed by atoms with Gasteiger partial charge in [-0.05, 0) is 6.07 Å². The van der Waals surface area contributed by atoms with Gasteiger partial charge in [0.1, 0.15) is 6.54 Å². The highest BCUT2D eigenvalue weighted by atomic mass is 16.5. The topological polar surface area (TPSA) is 88.4 Å². The van der Waals surface area contributed by atoms with E-state index in [4.69, 9.17) is 0 Å². The minimum Gasteiger partial charge on any atom is -0.468 e. The molecule has 0 aliphatic carbocycles. The fourth-order valence-corrected chi connectivity index (χ4v) is 2.73. The summed E-state index contributed by atoms with van der Waals surface area (Å²) in [6.45, 7) is -0.311. The molecule has 7 heteroatoms. The summed E-state index contributed by atoms with van der Waals surface area (Å²) in [6, 6.07) is 16.3. The van der Waals surface area contributed by atoms with Gasteiger partial charge in [-0.1, -0.05) is 48.5 Å². The summed E-state index contributed by atoms with van der Waals surface area (Å²) >= 11 is 0. The number of anilines is 1. The van der Waals surface area contributed by atoms with Crippen molar-refractivity contribution in [3.05, 3.63) is 65.7 Å². The molecule has 0 saturated carbocycles. The van der Waals surface area contributed by atoms with Crippen LogP contribution >= 0.6 is 0 Å². The SMILES string of the molecule is COC(=O)CN1C(=O)C(N=C=O)N=C(c2ccccc2)c2ccccc21. The summed E-state index contributed by atoms with van der Waals surface area (Å²) in [7, 11) is 1.24. The highest BCUT2D eigenvalue weighted by Crippen LogP contribution is 2.28. The van der Waals surface area contributed by atoms with E-state index in [2.05, 4.69) is 14.7 Å². The van der Waals surface area contributed by atoms with E-state index in [1.54, 1.807) is 24.3 Å². The smallest absolute Gasteiger partial charge is 0.325 e. The first-order chi connectivity index (χ1) is 12.7. The zero-order valence-corrected chi connectivity index (χ0v) is 14.0. The minimum atomic E-state index is -1.32. The van der Waals surface area contributed by atoms with Crippen LogP contribution in [0.25, 0.3) is 0 Å². The molecule has 26 heavy (non-hydrogen) atoms. The Morgan fingerprint density at radius 2 is 1.88 bits per heavy atom. The van der Waals surface area contributed by atoms with Crippen LogP contribution in [0.1, 0.15) is 11.1 Å². The number of benzene rings is 2. The van der Waals surface area contributed by atoms with Gasteiger partial charge >= 0.3 is 5.97 Å². The standard InChI is InChI=1S/C19H15N3O4/c1-26-16(24)11-22-15-10-6-5-9-14(15)17(13-7-3-2-4-8-13)21-18(19(22)25)20-12-23/h2-10,18H,11H2,1H3. The highest BCUT2D eigenvalue weighted by molar-refractivity contribution is 6.20. The molecule has 0 N–H and O–H groups in total. The summed E-state index contributed by atoms with van der Waals surface area (Å²) < 4.78 is 4.69. The first-order valence-corrected chi connectivity index (χ1v) is 7.83. The zero-order valence-electron chi connectivity index (χ0n) is 14.0. The lowest BCUT2D eigenvalue weighted by molar-refractivity contribution is -0.140. The van der Waals surface area contributed by atoms with Crippen LogP contribution in [0, 0.1) is 0 Å². The number of aliphatic imine (C=N–C) groups is 2. The summed E-state index contributed by atoms with van der Waals surface area (Å²) in [5, 5.41) is 0. The first-order valence-electron chi connectivity index (χ1n) is 7.83. The van der Waals surface area contributed by atoms with Crippen LogP contribution in [0.5, 0.6) is 0 Å². The first kappa shape index (κ1) is 17.3. The number of esters is 1. The van der Waals surface area contributed by atoms with Crippen molar-refractivity contribution in [1.82, 2.24) is 0 Å². The van der Waals surface area contributed by atoms with Crippen LogP contribution in [0.15, 0.2) is 64.6 Å². The van der Waals surface area contributed by atoms with Crippen molar-refractivity contribution in [2.45, 2.75) is 6.17 Å². The number of para-hydroxylation sites is 1. The van der Waals surface area contributed by atoms with Crippen molar-refractivity contribution >= 4 is 29.4 Å². The summed E-state index contributed by atoms with van der Waals surface area (Å²) in [5.74, 6) is -1.19. The maximum Gasteiger partial charge on any atom is 0.325 e. The number of nitrogens with zero attached hydrogens (tertiary/aromatic N) is 3. The van der Waals surface area contributed by atoms with Crippen molar-refractivity contribution in [3.63, 3.8) is 0 Å². The molecule has 1 aliphatic rings. The Hall–Kier alpha value is -3.57. The lowest BCUT2D eigenvalue weighted by atomic mass is 10.0. The average molecular weight is 349 g/mol. The second-order valence-electron chi connectivity index (χ2n) is 5.46. The van der Waals surface area contributed by atoms with Crippen LogP contribution in [0.2, 0.25) is 0 Å². The molecule has 3 rings (SSSR count). The normalized spacial score (nSPS) is 16.0. The molecule has 0 radical (unpaired) electrons. The third-order valence-corrected chi connectivity index (χ3v) is 3.93. The number of amides is 1. The number of methoxy groups -OCH3 is 1. The van der Waals surface area contributed by atoms with Gasteiger partial charge in [0.15, 0.2) is 0 Å². The summed E-state index contributed by atoms with van der Waals surface area (Å²) in [5.41, 5.74) is 2.42. The molecule has 2 aromatic rings. The number of hydrogen-bond donors (Lipinski definition) is 0. The number of hydrogen-bond acceptors (Lipinski definition) is 6. The molecule has 130 valence electrons. The Morgan fingerprint density at radius 3 is 2.58 bits per heavy atom. The largest absolute Gasteiger partial charge is 0.468 e. The molecule has 1 atom stereocenters. The highest BCUT2D eigenvalue weighted by Gasteiger charge is 2.33. The van der Waals surface area contributed by atoms with Crippen molar-refractivity contribution in [2.75, 3.05) is 18.6 Å². The van der Waals surface area contributed by atoms with E-state index >= 15 is 0 Å². The molecular weight excluding hydrogens is 334 g/mol. The maximum absolute atomic E-state index is 12.9. The number of rotatable bonds is 4. The summed E-state index contributed by atoms with van der Waals surface area (Å²) in [4.78, 5) is 44.6. The van der Waals surface area contributed by atoms with E-state index < -0.39 is 18.0 Å². The van der Waals surface area contributed by atoms with Gasteiger partial charge in [0.2, 0.25) is 12.2 Å². The molecule has 1 unspecified atom stereocenters. The number of carbonyl (C=O) groups is 2. The number of benzodiazepines with no additional fused rings is 1. The molecule has 1 aliphatic heterocycles. The van der Waals surface area contributed by atoms with E-state index in [1.165, 1.54) is 18.1 Å². The van der Waals surface area contributed by atoms with Gasteiger partial charge in [0.05, 0.1) is 18.5 Å². The molecular formula is C19H15N3O4. The second-order valence-corrected chi connectivity index (χ2v) is 5.46. The van der Waals surface area contributed by atoms with Crippen LogP contribution in [0.4, 0.5) is 5.69 Å². The van der Waals surface area contributed by atoms with E-state index in [0.717, 1.165) is 5.56 Å². The van der Waals surface area contributed by atoms with Gasteiger partial charge in [-0.2, -0.15) is 4.99 Å². The van der Waals surface area contributed by atoms with Crippen molar-refractivity contribution in [1.29, 1.82) is 0 Å². The molecule has 0 saturated heterocycles. The third-order valence-electron chi connectivity index (χ3n) is 3.93. The van der Waals surface area contributed by atoms with E-state index in [9.17, 15) is 14.4 Å². The third kappa shape index (κ3) is 3.29. The Balaban J connectivity index is 2.22. The van der Waals surface area contributed by atoms with E-state index in [-0.39, 0.29) is 6.54 Å². The van der Waals surface area contributed by atoms with E-state index in [0.29, 0.717) is 17.0 Å².